The lowest BCUT2D eigenvalue weighted by molar-refractivity contribution is 0.171. The number of hydrogen-bond donors (Lipinski definition) is 1. The van der Waals surface area contributed by atoms with Gasteiger partial charge in [0.05, 0.1) is 19.8 Å². The zero-order valence-electron chi connectivity index (χ0n) is 14.8. The Hall–Kier alpha value is -2.63. The molecule has 3 aromatic rings. The van der Waals surface area contributed by atoms with Gasteiger partial charge in [-0.25, -0.2) is 4.98 Å². The minimum Gasteiger partial charge on any atom is -0.497 e. The minimum absolute atomic E-state index is 0.154. The van der Waals surface area contributed by atoms with Gasteiger partial charge in [0.1, 0.15) is 11.6 Å². The SMILES string of the molecule is COc1cccc([C@@H]2C[C@@H](O)CN2Cc2nccn2-c2ccccc2)c1. The number of ether oxygens (including phenoxy) is 1. The second-order valence-electron chi connectivity index (χ2n) is 6.66. The molecule has 0 saturated carbocycles. The van der Waals surface area contributed by atoms with Crippen LogP contribution in [0.15, 0.2) is 67.0 Å². The van der Waals surface area contributed by atoms with Crippen molar-refractivity contribution in [1.82, 2.24) is 14.5 Å². The van der Waals surface area contributed by atoms with Gasteiger partial charge in [-0.15, -0.1) is 0 Å². The average molecular weight is 349 g/mol. The van der Waals surface area contributed by atoms with Crippen LogP contribution < -0.4 is 4.74 Å². The number of aliphatic hydroxyl groups excluding tert-OH is 1. The summed E-state index contributed by atoms with van der Waals surface area (Å²) in [4.78, 5) is 6.85. The molecule has 2 atom stereocenters. The van der Waals surface area contributed by atoms with Crippen LogP contribution in [0.25, 0.3) is 5.69 Å². The third-order valence-corrected chi connectivity index (χ3v) is 4.96. The van der Waals surface area contributed by atoms with Gasteiger partial charge in [-0.05, 0) is 36.2 Å². The smallest absolute Gasteiger partial charge is 0.127 e. The Kier molecular flexibility index (Phi) is 4.73. The van der Waals surface area contributed by atoms with E-state index < -0.39 is 0 Å². The molecule has 1 N–H and O–H groups in total. The highest BCUT2D eigenvalue weighted by Crippen LogP contribution is 2.34. The number of hydrogen-bond acceptors (Lipinski definition) is 4. The van der Waals surface area contributed by atoms with E-state index in [4.69, 9.17) is 4.74 Å². The number of aromatic nitrogens is 2. The maximum absolute atomic E-state index is 10.3. The largest absolute Gasteiger partial charge is 0.497 e. The van der Waals surface area contributed by atoms with Gasteiger partial charge in [0.2, 0.25) is 0 Å². The van der Waals surface area contributed by atoms with Gasteiger partial charge in [-0.2, -0.15) is 0 Å². The Morgan fingerprint density at radius 1 is 1.15 bits per heavy atom. The van der Waals surface area contributed by atoms with Crippen molar-refractivity contribution in [2.45, 2.75) is 25.1 Å². The van der Waals surface area contributed by atoms with Crippen molar-refractivity contribution in [2.75, 3.05) is 13.7 Å². The summed E-state index contributed by atoms with van der Waals surface area (Å²) in [5.74, 6) is 1.81. The molecule has 4 rings (SSSR count). The highest BCUT2D eigenvalue weighted by atomic mass is 16.5. The summed E-state index contributed by atoms with van der Waals surface area (Å²) < 4.78 is 7.47. The summed E-state index contributed by atoms with van der Waals surface area (Å²) in [6, 6.07) is 18.5. The van der Waals surface area contributed by atoms with E-state index in [0.29, 0.717) is 13.1 Å². The highest BCUT2D eigenvalue weighted by molar-refractivity contribution is 5.33. The van der Waals surface area contributed by atoms with E-state index >= 15 is 0 Å². The van der Waals surface area contributed by atoms with E-state index in [1.807, 2.05) is 42.7 Å². The first-order valence-corrected chi connectivity index (χ1v) is 8.88. The molecule has 26 heavy (non-hydrogen) atoms. The van der Waals surface area contributed by atoms with Gasteiger partial charge >= 0.3 is 0 Å². The number of likely N-dealkylation sites (tertiary alicyclic amines) is 1. The molecule has 5 heteroatoms. The normalized spacial score (nSPS) is 20.4. The van der Waals surface area contributed by atoms with Gasteiger partial charge in [0, 0.05) is 30.7 Å². The second kappa shape index (κ2) is 7.32. The summed E-state index contributed by atoms with van der Waals surface area (Å²) >= 11 is 0. The first kappa shape index (κ1) is 16.8. The number of aliphatic hydroxyl groups is 1. The quantitative estimate of drug-likeness (QED) is 0.769. The van der Waals surface area contributed by atoms with Crippen LogP contribution in [0.5, 0.6) is 5.75 Å². The van der Waals surface area contributed by atoms with E-state index in [0.717, 1.165) is 23.7 Å². The molecular formula is C21H23N3O2. The van der Waals surface area contributed by atoms with Crippen LogP contribution >= 0.6 is 0 Å². The van der Waals surface area contributed by atoms with E-state index in [-0.39, 0.29) is 12.1 Å². The van der Waals surface area contributed by atoms with Crippen molar-refractivity contribution >= 4 is 0 Å². The van der Waals surface area contributed by atoms with Gasteiger partial charge in [-0.3, -0.25) is 4.90 Å². The number of methoxy groups -OCH3 is 1. The number of para-hydroxylation sites is 1. The molecular weight excluding hydrogens is 326 g/mol. The van der Waals surface area contributed by atoms with Crippen molar-refractivity contribution < 1.29 is 9.84 Å². The van der Waals surface area contributed by atoms with E-state index in [1.165, 1.54) is 5.56 Å². The monoisotopic (exact) mass is 349 g/mol. The number of benzene rings is 2. The summed E-state index contributed by atoms with van der Waals surface area (Å²) in [7, 11) is 1.68. The number of nitrogens with zero attached hydrogens (tertiary/aromatic N) is 3. The number of rotatable bonds is 5. The Bertz CT molecular complexity index is 862. The Morgan fingerprint density at radius 2 is 2.00 bits per heavy atom. The first-order valence-electron chi connectivity index (χ1n) is 8.88. The van der Waals surface area contributed by atoms with Crippen LogP contribution in [0.2, 0.25) is 0 Å². The van der Waals surface area contributed by atoms with Crippen LogP contribution in [0.1, 0.15) is 23.9 Å². The molecule has 0 unspecified atom stereocenters. The van der Waals surface area contributed by atoms with Crippen LogP contribution in [0.4, 0.5) is 0 Å². The van der Waals surface area contributed by atoms with Gasteiger partial charge in [-0.1, -0.05) is 30.3 Å². The van der Waals surface area contributed by atoms with Crippen molar-refractivity contribution in [3.8, 4) is 11.4 Å². The fourth-order valence-corrected chi connectivity index (χ4v) is 3.71. The second-order valence-corrected chi connectivity index (χ2v) is 6.66. The lowest BCUT2D eigenvalue weighted by Gasteiger charge is -2.24. The van der Waals surface area contributed by atoms with Gasteiger partial charge in [0.25, 0.3) is 0 Å². The average Bonchev–Trinajstić information content (AvgIpc) is 3.29. The summed E-state index contributed by atoms with van der Waals surface area (Å²) in [6.07, 6.45) is 4.21. The van der Waals surface area contributed by atoms with E-state index in [2.05, 4.69) is 38.7 Å². The standard InChI is InChI=1S/C21H23N3O2/c1-26-19-9-5-6-16(12-19)20-13-18(25)14-23(20)15-21-22-10-11-24(21)17-7-3-2-4-8-17/h2-12,18,20,25H,13-15H2,1H3/t18-,20+/m1/s1. The van der Waals surface area contributed by atoms with Crippen molar-refractivity contribution in [1.29, 1.82) is 0 Å². The Labute approximate surface area is 153 Å². The van der Waals surface area contributed by atoms with Crippen LogP contribution in [0.3, 0.4) is 0 Å². The summed E-state index contributed by atoms with van der Waals surface area (Å²) in [6.45, 7) is 1.32. The fourth-order valence-electron chi connectivity index (χ4n) is 3.71. The Balaban J connectivity index is 1.60. The van der Waals surface area contributed by atoms with Crippen molar-refractivity contribution in [3.05, 3.63) is 78.4 Å². The van der Waals surface area contributed by atoms with E-state index in [9.17, 15) is 5.11 Å². The summed E-state index contributed by atoms with van der Waals surface area (Å²) in [5.41, 5.74) is 2.26. The maximum atomic E-state index is 10.3. The van der Waals surface area contributed by atoms with Crippen molar-refractivity contribution in [2.24, 2.45) is 0 Å². The molecule has 0 spiro atoms. The molecule has 2 aromatic carbocycles. The molecule has 0 aliphatic carbocycles. The molecule has 1 aromatic heterocycles. The molecule has 1 saturated heterocycles. The molecule has 5 nitrogen and oxygen atoms in total. The molecule has 134 valence electrons. The Morgan fingerprint density at radius 3 is 2.81 bits per heavy atom. The zero-order valence-corrected chi connectivity index (χ0v) is 14.8. The van der Waals surface area contributed by atoms with Crippen LogP contribution in [0, 0.1) is 0 Å². The molecule has 1 fully saturated rings. The third-order valence-electron chi connectivity index (χ3n) is 4.96. The molecule has 0 amide bonds. The van der Waals surface area contributed by atoms with Crippen LogP contribution in [-0.4, -0.2) is 39.3 Å². The van der Waals surface area contributed by atoms with Crippen molar-refractivity contribution in [3.63, 3.8) is 0 Å². The molecule has 1 aliphatic rings. The highest BCUT2D eigenvalue weighted by Gasteiger charge is 2.33. The van der Waals surface area contributed by atoms with E-state index in [1.54, 1.807) is 7.11 Å². The summed E-state index contributed by atoms with van der Waals surface area (Å²) in [5, 5.41) is 10.3. The number of β-amino-alcohol motifs (C(OH)–C–C–N with tert-alkyl or cyclic N) is 1. The predicted octanol–water partition coefficient (Wildman–Crippen LogP) is 3.19. The zero-order chi connectivity index (χ0) is 17.9. The molecule has 1 aliphatic heterocycles. The topological polar surface area (TPSA) is 50.5 Å². The van der Waals surface area contributed by atoms with Gasteiger partial charge < -0.3 is 14.4 Å². The van der Waals surface area contributed by atoms with Crippen LogP contribution in [-0.2, 0) is 6.54 Å². The molecule has 0 bridgehead atoms. The lowest BCUT2D eigenvalue weighted by atomic mass is 10.0. The fraction of sp³-hybridized carbons (Fsp3) is 0.286. The predicted molar refractivity (Wildman–Crippen MR) is 100 cm³/mol. The van der Waals surface area contributed by atoms with Gasteiger partial charge in [0.15, 0.2) is 0 Å². The third kappa shape index (κ3) is 3.36. The first-order chi connectivity index (χ1) is 12.7. The number of imidazole rings is 1. The molecule has 0 radical (unpaired) electrons. The lowest BCUT2D eigenvalue weighted by Crippen LogP contribution is -2.26. The minimum atomic E-state index is -0.327. The molecule has 2 heterocycles. The maximum Gasteiger partial charge on any atom is 0.127 e.